The van der Waals surface area contributed by atoms with E-state index in [1.54, 1.807) is 6.07 Å². The summed E-state index contributed by atoms with van der Waals surface area (Å²) in [5, 5.41) is 9.87. The third-order valence-corrected chi connectivity index (χ3v) is 3.13. The molecule has 2 N–H and O–H groups in total. The van der Waals surface area contributed by atoms with Crippen molar-refractivity contribution in [2.45, 2.75) is 45.5 Å². The van der Waals surface area contributed by atoms with Crippen LogP contribution in [-0.2, 0) is 24.7 Å². The van der Waals surface area contributed by atoms with Gasteiger partial charge in [-0.2, -0.15) is 18.3 Å². The Morgan fingerprint density at radius 3 is 2.36 bits per heavy atom. The molecule has 0 aliphatic heterocycles. The summed E-state index contributed by atoms with van der Waals surface area (Å²) in [7, 11) is 0. The number of hydrogen-bond acceptors (Lipinski definition) is 3. The SMILES string of the molecule is CC(C)(C)c1n[nH]c(CNCc2ccccc2C(F)(F)F)n1. The van der Waals surface area contributed by atoms with Crippen LogP contribution in [0.3, 0.4) is 0 Å². The summed E-state index contributed by atoms with van der Waals surface area (Å²) in [6, 6.07) is 5.54. The van der Waals surface area contributed by atoms with E-state index in [-0.39, 0.29) is 17.5 Å². The standard InChI is InChI=1S/C15H19F3N4/c1-14(2,3)13-20-12(21-22-13)9-19-8-10-6-4-5-7-11(10)15(16,17)18/h4-7,19H,8-9H2,1-3H3,(H,20,21,22). The van der Waals surface area contributed by atoms with Crippen molar-refractivity contribution in [1.29, 1.82) is 0 Å². The molecule has 2 rings (SSSR count). The lowest BCUT2D eigenvalue weighted by Crippen LogP contribution is -2.18. The number of halogens is 3. The first kappa shape index (κ1) is 16.5. The predicted octanol–water partition coefficient (Wildman–Crippen LogP) is 3.41. The second-order valence-electron chi connectivity index (χ2n) is 6.11. The molecule has 4 nitrogen and oxygen atoms in total. The van der Waals surface area contributed by atoms with E-state index in [4.69, 9.17) is 0 Å². The topological polar surface area (TPSA) is 53.6 Å². The number of hydrogen-bond donors (Lipinski definition) is 2. The molecular formula is C15H19F3N4. The highest BCUT2D eigenvalue weighted by Gasteiger charge is 2.32. The van der Waals surface area contributed by atoms with Gasteiger partial charge in [0.15, 0.2) is 5.82 Å². The van der Waals surface area contributed by atoms with Crippen LogP contribution in [0.1, 0.15) is 43.5 Å². The first-order valence-corrected chi connectivity index (χ1v) is 6.95. The molecule has 0 aliphatic rings. The summed E-state index contributed by atoms with van der Waals surface area (Å²) < 4.78 is 38.6. The van der Waals surface area contributed by atoms with Gasteiger partial charge < -0.3 is 5.32 Å². The molecule has 0 radical (unpaired) electrons. The van der Waals surface area contributed by atoms with Gasteiger partial charge >= 0.3 is 6.18 Å². The van der Waals surface area contributed by atoms with E-state index in [2.05, 4.69) is 20.5 Å². The summed E-state index contributed by atoms with van der Waals surface area (Å²) in [4.78, 5) is 4.33. The monoisotopic (exact) mass is 312 g/mol. The van der Waals surface area contributed by atoms with Gasteiger partial charge in [-0.15, -0.1) is 0 Å². The van der Waals surface area contributed by atoms with E-state index in [0.29, 0.717) is 18.2 Å². The lowest BCUT2D eigenvalue weighted by atomic mass is 9.96. The number of nitrogens with one attached hydrogen (secondary N) is 2. The largest absolute Gasteiger partial charge is 0.416 e. The molecule has 0 saturated carbocycles. The first-order chi connectivity index (χ1) is 10.2. The lowest BCUT2D eigenvalue weighted by molar-refractivity contribution is -0.138. The van der Waals surface area contributed by atoms with Crippen molar-refractivity contribution in [2.24, 2.45) is 0 Å². The Kier molecular flexibility index (Phi) is 4.55. The van der Waals surface area contributed by atoms with Crippen LogP contribution < -0.4 is 5.32 Å². The quantitative estimate of drug-likeness (QED) is 0.909. The predicted molar refractivity (Wildman–Crippen MR) is 77.1 cm³/mol. The summed E-state index contributed by atoms with van der Waals surface area (Å²) in [5.74, 6) is 1.29. The molecule has 2 aromatic rings. The zero-order valence-electron chi connectivity index (χ0n) is 12.8. The third-order valence-electron chi connectivity index (χ3n) is 3.13. The van der Waals surface area contributed by atoms with E-state index in [9.17, 15) is 13.2 Å². The maximum Gasteiger partial charge on any atom is 0.416 e. The normalized spacial score (nSPS) is 12.6. The Bertz CT molecular complexity index is 626. The molecule has 22 heavy (non-hydrogen) atoms. The van der Waals surface area contributed by atoms with Crippen LogP contribution in [0.15, 0.2) is 24.3 Å². The van der Waals surface area contributed by atoms with Gasteiger partial charge in [0.25, 0.3) is 0 Å². The molecule has 0 fully saturated rings. The van der Waals surface area contributed by atoms with Crippen LogP contribution in [0, 0.1) is 0 Å². The third kappa shape index (κ3) is 4.07. The smallest absolute Gasteiger partial charge is 0.306 e. The molecule has 0 spiro atoms. The highest BCUT2D eigenvalue weighted by molar-refractivity contribution is 5.29. The summed E-state index contributed by atoms with van der Waals surface area (Å²) in [6.45, 7) is 6.42. The second-order valence-corrected chi connectivity index (χ2v) is 6.11. The Hall–Kier alpha value is -1.89. The number of rotatable bonds is 4. The number of aromatic amines is 1. The maximum atomic E-state index is 12.9. The molecule has 1 heterocycles. The van der Waals surface area contributed by atoms with E-state index >= 15 is 0 Å². The van der Waals surface area contributed by atoms with E-state index < -0.39 is 11.7 Å². The van der Waals surface area contributed by atoms with Gasteiger partial charge in [-0.25, -0.2) is 4.98 Å². The van der Waals surface area contributed by atoms with Crippen LogP contribution in [0.2, 0.25) is 0 Å². The summed E-state index contributed by atoms with van der Waals surface area (Å²) >= 11 is 0. The van der Waals surface area contributed by atoms with Gasteiger partial charge in [0.05, 0.1) is 12.1 Å². The van der Waals surface area contributed by atoms with Crippen LogP contribution in [0.4, 0.5) is 13.2 Å². The molecule has 0 aliphatic carbocycles. The van der Waals surface area contributed by atoms with Gasteiger partial charge in [-0.3, -0.25) is 5.10 Å². The average molecular weight is 312 g/mol. The molecule has 1 aromatic carbocycles. The van der Waals surface area contributed by atoms with Crippen molar-refractivity contribution in [3.8, 4) is 0 Å². The minimum absolute atomic E-state index is 0.112. The maximum absolute atomic E-state index is 12.9. The van der Waals surface area contributed by atoms with Gasteiger partial charge in [-0.1, -0.05) is 39.0 Å². The highest BCUT2D eigenvalue weighted by atomic mass is 19.4. The van der Waals surface area contributed by atoms with Crippen molar-refractivity contribution in [2.75, 3.05) is 0 Å². The van der Waals surface area contributed by atoms with Crippen LogP contribution in [-0.4, -0.2) is 15.2 Å². The number of H-pyrrole nitrogens is 1. The van der Waals surface area contributed by atoms with Crippen LogP contribution in [0.25, 0.3) is 0 Å². The van der Waals surface area contributed by atoms with Gasteiger partial charge in [0, 0.05) is 12.0 Å². The Balaban J connectivity index is 1.99. The molecule has 0 unspecified atom stereocenters. The zero-order chi connectivity index (χ0) is 16.4. The van der Waals surface area contributed by atoms with Crippen molar-refractivity contribution >= 4 is 0 Å². The number of alkyl halides is 3. The number of aromatic nitrogens is 3. The van der Waals surface area contributed by atoms with Crippen molar-refractivity contribution in [3.63, 3.8) is 0 Å². The summed E-state index contributed by atoms with van der Waals surface area (Å²) in [5.41, 5.74) is -0.571. The van der Waals surface area contributed by atoms with E-state index in [0.717, 1.165) is 6.07 Å². The molecule has 120 valence electrons. The Morgan fingerprint density at radius 1 is 1.09 bits per heavy atom. The average Bonchev–Trinajstić information content (AvgIpc) is 2.87. The minimum Gasteiger partial charge on any atom is -0.306 e. The molecule has 0 atom stereocenters. The molecule has 0 amide bonds. The van der Waals surface area contributed by atoms with Crippen LogP contribution >= 0.6 is 0 Å². The first-order valence-electron chi connectivity index (χ1n) is 6.95. The number of nitrogens with zero attached hydrogens (tertiary/aromatic N) is 2. The molecule has 0 bridgehead atoms. The molecule has 7 heteroatoms. The van der Waals surface area contributed by atoms with Gasteiger partial charge in [-0.05, 0) is 11.6 Å². The molecular weight excluding hydrogens is 293 g/mol. The minimum atomic E-state index is -4.34. The summed E-state index contributed by atoms with van der Waals surface area (Å²) in [6.07, 6.45) is -4.34. The molecule has 1 aromatic heterocycles. The molecule has 0 saturated heterocycles. The fraction of sp³-hybridized carbons (Fsp3) is 0.467. The Morgan fingerprint density at radius 2 is 1.77 bits per heavy atom. The van der Waals surface area contributed by atoms with Crippen molar-refractivity contribution in [1.82, 2.24) is 20.5 Å². The van der Waals surface area contributed by atoms with Crippen LogP contribution in [0.5, 0.6) is 0 Å². The van der Waals surface area contributed by atoms with Gasteiger partial charge in [0.2, 0.25) is 0 Å². The van der Waals surface area contributed by atoms with Crippen molar-refractivity contribution < 1.29 is 13.2 Å². The highest BCUT2D eigenvalue weighted by Crippen LogP contribution is 2.31. The fourth-order valence-electron chi connectivity index (χ4n) is 1.98. The second kappa shape index (κ2) is 6.08. The number of benzene rings is 1. The fourth-order valence-corrected chi connectivity index (χ4v) is 1.98. The van der Waals surface area contributed by atoms with Crippen molar-refractivity contribution in [3.05, 3.63) is 47.0 Å². The lowest BCUT2D eigenvalue weighted by Gasteiger charge is -2.13. The zero-order valence-corrected chi connectivity index (χ0v) is 12.8. The Labute approximate surface area is 127 Å². The van der Waals surface area contributed by atoms with E-state index in [1.165, 1.54) is 12.1 Å². The van der Waals surface area contributed by atoms with E-state index in [1.807, 2.05) is 20.8 Å². The van der Waals surface area contributed by atoms with Gasteiger partial charge in [0.1, 0.15) is 5.82 Å².